The molecule has 0 spiro atoms. The molecule has 5 rings (SSSR count). The van der Waals surface area contributed by atoms with Crippen molar-refractivity contribution in [1.82, 2.24) is 9.97 Å². The summed E-state index contributed by atoms with van der Waals surface area (Å²) in [6, 6.07) is 14.6. The molecule has 1 aliphatic heterocycles. The van der Waals surface area contributed by atoms with Crippen LogP contribution in [0.15, 0.2) is 53.4 Å². The first-order valence-corrected chi connectivity index (χ1v) is 13.6. The maximum absolute atomic E-state index is 12.9. The first-order chi connectivity index (χ1) is 16.5. The Morgan fingerprint density at radius 1 is 0.794 bits per heavy atom. The van der Waals surface area contributed by atoms with Crippen LogP contribution in [0.25, 0.3) is 0 Å². The molecule has 0 atom stereocenters. The quantitative estimate of drug-likeness (QED) is 0.508. The number of sulfonamides is 1. The van der Waals surface area contributed by atoms with Crippen LogP contribution in [0.5, 0.6) is 0 Å². The predicted octanol–water partition coefficient (Wildman–Crippen LogP) is 5.20. The number of aromatic nitrogens is 2. The molecular formula is C26H31N5O2S. The molecule has 1 saturated heterocycles. The molecule has 2 heterocycles. The van der Waals surface area contributed by atoms with Gasteiger partial charge in [0.1, 0.15) is 5.82 Å². The van der Waals surface area contributed by atoms with Crippen LogP contribution in [0.1, 0.15) is 48.9 Å². The molecule has 0 amide bonds. The highest BCUT2D eigenvalue weighted by Crippen LogP contribution is 2.26. The van der Waals surface area contributed by atoms with Crippen molar-refractivity contribution < 1.29 is 8.42 Å². The summed E-state index contributed by atoms with van der Waals surface area (Å²) in [6.07, 6.45) is 7.86. The van der Waals surface area contributed by atoms with E-state index in [0.29, 0.717) is 10.6 Å². The van der Waals surface area contributed by atoms with Crippen LogP contribution in [0, 0.1) is 6.92 Å². The van der Waals surface area contributed by atoms with Gasteiger partial charge in [0.2, 0.25) is 5.95 Å². The minimum atomic E-state index is -3.64. The number of benzene rings is 2. The van der Waals surface area contributed by atoms with Crippen LogP contribution in [0.2, 0.25) is 0 Å². The smallest absolute Gasteiger partial charge is 0.261 e. The third-order valence-corrected chi connectivity index (χ3v) is 7.90. The molecule has 2 N–H and O–H groups in total. The van der Waals surface area contributed by atoms with Crippen molar-refractivity contribution >= 4 is 33.2 Å². The van der Waals surface area contributed by atoms with E-state index in [1.807, 2.05) is 37.3 Å². The van der Waals surface area contributed by atoms with Gasteiger partial charge >= 0.3 is 0 Å². The Balaban J connectivity index is 1.28. The molecule has 3 aromatic rings. The molecule has 1 fully saturated rings. The van der Waals surface area contributed by atoms with Crippen molar-refractivity contribution in [2.24, 2.45) is 0 Å². The monoisotopic (exact) mass is 477 g/mol. The fourth-order valence-corrected chi connectivity index (χ4v) is 5.82. The van der Waals surface area contributed by atoms with E-state index >= 15 is 0 Å². The zero-order valence-corrected chi connectivity index (χ0v) is 20.4. The zero-order chi connectivity index (χ0) is 23.5. The Kier molecular flexibility index (Phi) is 6.41. The summed E-state index contributed by atoms with van der Waals surface area (Å²) >= 11 is 0. The normalized spacial score (nSPS) is 16.1. The van der Waals surface area contributed by atoms with E-state index in [0.717, 1.165) is 61.1 Å². The number of aryl methyl sites for hydroxylation is 3. The summed E-state index contributed by atoms with van der Waals surface area (Å²) in [6.45, 7) is 3.95. The van der Waals surface area contributed by atoms with Gasteiger partial charge in [-0.15, -0.1) is 0 Å². The third-order valence-electron chi connectivity index (χ3n) is 6.52. The van der Waals surface area contributed by atoms with Gasteiger partial charge < -0.3 is 10.2 Å². The summed E-state index contributed by atoms with van der Waals surface area (Å²) in [4.78, 5) is 11.9. The van der Waals surface area contributed by atoms with E-state index in [4.69, 9.17) is 4.98 Å². The maximum atomic E-state index is 12.9. The van der Waals surface area contributed by atoms with Gasteiger partial charge in [0.05, 0.1) is 4.90 Å². The number of nitrogens with zero attached hydrogens (tertiary/aromatic N) is 3. The summed E-state index contributed by atoms with van der Waals surface area (Å²) in [5, 5.41) is 3.33. The van der Waals surface area contributed by atoms with E-state index in [-0.39, 0.29) is 0 Å². The Morgan fingerprint density at radius 3 is 2.26 bits per heavy atom. The van der Waals surface area contributed by atoms with Crippen LogP contribution in [0.4, 0.5) is 23.1 Å². The highest BCUT2D eigenvalue weighted by Gasteiger charge is 2.18. The summed E-state index contributed by atoms with van der Waals surface area (Å²) in [5.41, 5.74) is 4.69. The van der Waals surface area contributed by atoms with E-state index < -0.39 is 10.0 Å². The minimum absolute atomic E-state index is 0.317. The van der Waals surface area contributed by atoms with Crippen molar-refractivity contribution in [3.8, 4) is 0 Å². The standard InChI is InChI=1S/C26H31N5O2S/c1-19-17-25(29-26(27-19)31-15-5-2-6-16-31)28-22-10-12-23(13-11-22)30-34(32,33)24-14-9-20-7-3-4-8-21(20)18-24/h9-14,17-18,30H,2-8,15-16H2,1H3,(H,27,28,29). The van der Waals surface area contributed by atoms with E-state index in [2.05, 4.69) is 19.9 Å². The molecule has 1 aliphatic carbocycles. The Bertz CT molecular complexity index is 1270. The second-order valence-corrected chi connectivity index (χ2v) is 10.9. The zero-order valence-electron chi connectivity index (χ0n) is 19.5. The molecular weight excluding hydrogens is 446 g/mol. The SMILES string of the molecule is Cc1cc(Nc2ccc(NS(=O)(=O)c3ccc4c(c3)CCCC4)cc2)nc(N2CCCCC2)n1. The van der Waals surface area contributed by atoms with Crippen molar-refractivity contribution in [3.05, 3.63) is 65.4 Å². The van der Waals surface area contributed by atoms with Crippen LogP contribution < -0.4 is 14.9 Å². The second-order valence-electron chi connectivity index (χ2n) is 9.19. The third kappa shape index (κ3) is 5.17. The molecule has 0 unspecified atom stereocenters. The number of hydrogen-bond donors (Lipinski definition) is 2. The second kappa shape index (κ2) is 9.62. The molecule has 178 valence electrons. The lowest BCUT2D eigenvalue weighted by Crippen LogP contribution is -2.31. The molecule has 8 heteroatoms. The van der Waals surface area contributed by atoms with E-state index in [9.17, 15) is 8.42 Å². The largest absolute Gasteiger partial charge is 0.341 e. The molecule has 1 aromatic heterocycles. The molecule has 7 nitrogen and oxygen atoms in total. The molecule has 2 aromatic carbocycles. The average Bonchev–Trinajstić information content (AvgIpc) is 2.85. The average molecular weight is 478 g/mol. The fourth-order valence-electron chi connectivity index (χ4n) is 4.71. The topological polar surface area (TPSA) is 87.2 Å². The molecule has 2 aliphatic rings. The van der Waals surface area contributed by atoms with Gasteiger partial charge in [-0.1, -0.05) is 6.07 Å². The lowest BCUT2D eigenvalue weighted by atomic mass is 9.92. The number of rotatable bonds is 6. The van der Waals surface area contributed by atoms with Crippen LogP contribution in [-0.2, 0) is 22.9 Å². The number of piperidine rings is 1. The number of nitrogens with one attached hydrogen (secondary N) is 2. The lowest BCUT2D eigenvalue weighted by Gasteiger charge is -2.27. The van der Waals surface area contributed by atoms with Gasteiger partial charge in [-0.2, -0.15) is 4.98 Å². The summed E-state index contributed by atoms with van der Waals surface area (Å²) in [7, 11) is -3.64. The van der Waals surface area contributed by atoms with Crippen LogP contribution in [0.3, 0.4) is 0 Å². The number of fused-ring (bicyclic) bond motifs is 1. The Hall–Kier alpha value is -3.13. The first-order valence-electron chi connectivity index (χ1n) is 12.1. The summed E-state index contributed by atoms with van der Waals surface area (Å²) in [5.74, 6) is 1.49. The lowest BCUT2D eigenvalue weighted by molar-refractivity contribution is 0.568. The molecule has 0 saturated carbocycles. The van der Waals surface area contributed by atoms with Crippen molar-refractivity contribution in [1.29, 1.82) is 0 Å². The van der Waals surface area contributed by atoms with Gasteiger partial charge in [0.25, 0.3) is 10.0 Å². The first kappa shape index (κ1) is 22.7. The van der Waals surface area contributed by atoms with Crippen molar-refractivity contribution in [2.45, 2.75) is 56.8 Å². The highest BCUT2D eigenvalue weighted by atomic mass is 32.2. The van der Waals surface area contributed by atoms with Crippen molar-refractivity contribution in [3.63, 3.8) is 0 Å². The molecule has 34 heavy (non-hydrogen) atoms. The summed E-state index contributed by atoms with van der Waals surface area (Å²) < 4.78 is 28.6. The highest BCUT2D eigenvalue weighted by molar-refractivity contribution is 7.92. The van der Waals surface area contributed by atoms with Crippen molar-refractivity contribution in [2.75, 3.05) is 28.0 Å². The van der Waals surface area contributed by atoms with Gasteiger partial charge in [0.15, 0.2) is 0 Å². The fraction of sp³-hybridized carbons (Fsp3) is 0.385. The molecule has 0 radical (unpaired) electrons. The van der Waals surface area contributed by atoms with Gasteiger partial charge in [-0.3, -0.25) is 4.72 Å². The number of anilines is 4. The van der Waals surface area contributed by atoms with E-state index in [1.165, 1.54) is 31.2 Å². The van der Waals surface area contributed by atoms with Crippen LogP contribution in [-0.4, -0.2) is 31.5 Å². The van der Waals surface area contributed by atoms with Gasteiger partial charge in [-0.05, 0) is 99.4 Å². The Labute approximate surface area is 201 Å². The minimum Gasteiger partial charge on any atom is -0.341 e. The van der Waals surface area contributed by atoms with Crippen LogP contribution >= 0.6 is 0 Å². The Morgan fingerprint density at radius 2 is 1.50 bits per heavy atom. The predicted molar refractivity (Wildman–Crippen MR) is 136 cm³/mol. The van der Waals surface area contributed by atoms with Gasteiger partial charge in [-0.25, -0.2) is 13.4 Å². The van der Waals surface area contributed by atoms with E-state index in [1.54, 1.807) is 18.2 Å². The maximum Gasteiger partial charge on any atom is 0.261 e. The molecule has 0 bridgehead atoms. The van der Waals surface area contributed by atoms with Gasteiger partial charge in [0, 0.05) is 36.2 Å². The number of hydrogen-bond acceptors (Lipinski definition) is 6.